The van der Waals surface area contributed by atoms with Crippen LogP contribution in [0.15, 0.2) is 50.7 Å². The Morgan fingerprint density at radius 3 is 2.64 bits per heavy atom. The molecule has 1 atom stereocenters. The highest BCUT2D eigenvalue weighted by molar-refractivity contribution is 7.22. The zero-order valence-corrected chi connectivity index (χ0v) is 23.3. The summed E-state index contributed by atoms with van der Waals surface area (Å²) in [6.07, 6.45) is 3.87. The summed E-state index contributed by atoms with van der Waals surface area (Å²) in [5.74, 6) is 1.02. The fourth-order valence-electron chi connectivity index (χ4n) is 5.01. The van der Waals surface area contributed by atoms with Crippen molar-refractivity contribution in [3.8, 4) is 16.5 Å². The second-order valence-electron chi connectivity index (χ2n) is 10.3. The maximum atomic E-state index is 14.1. The normalized spacial score (nSPS) is 15.6. The van der Waals surface area contributed by atoms with Gasteiger partial charge in [-0.2, -0.15) is 0 Å². The van der Waals surface area contributed by atoms with Crippen molar-refractivity contribution in [1.82, 2.24) is 14.1 Å². The van der Waals surface area contributed by atoms with Gasteiger partial charge in [0.05, 0.1) is 48.4 Å². The number of aliphatic hydroxyl groups is 1. The molecule has 1 unspecified atom stereocenters. The number of oxazole rings is 1. The summed E-state index contributed by atoms with van der Waals surface area (Å²) < 4.78 is 26.1. The van der Waals surface area contributed by atoms with Crippen molar-refractivity contribution in [3.63, 3.8) is 0 Å². The molecule has 0 saturated carbocycles. The van der Waals surface area contributed by atoms with Gasteiger partial charge < -0.3 is 23.7 Å². The van der Waals surface area contributed by atoms with E-state index in [2.05, 4.69) is 4.98 Å². The molecule has 0 spiro atoms. The average Bonchev–Trinajstić information content (AvgIpc) is 3.59. The minimum absolute atomic E-state index is 0.0624. The van der Waals surface area contributed by atoms with E-state index in [1.54, 1.807) is 31.7 Å². The molecule has 1 aliphatic heterocycles. The Morgan fingerprint density at radius 1 is 1.23 bits per heavy atom. The van der Waals surface area contributed by atoms with E-state index in [1.807, 2.05) is 31.2 Å². The number of nitrogens with zero attached hydrogens (tertiary/aromatic N) is 3. The highest BCUT2D eigenvalue weighted by Gasteiger charge is 2.31. The number of benzene rings is 1. The number of fused-ring (bicyclic) bond motifs is 1. The third-order valence-corrected chi connectivity index (χ3v) is 8.49. The first-order valence-corrected chi connectivity index (χ1v) is 13.7. The van der Waals surface area contributed by atoms with E-state index in [-0.39, 0.29) is 12.6 Å². The van der Waals surface area contributed by atoms with Crippen molar-refractivity contribution >= 4 is 21.6 Å². The van der Waals surface area contributed by atoms with Crippen LogP contribution in [0.2, 0.25) is 0 Å². The van der Waals surface area contributed by atoms with E-state index < -0.39 is 29.5 Å². The number of thiophene rings is 1. The smallest absolute Gasteiger partial charge is 0.332 e. The van der Waals surface area contributed by atoms with Crippen LogP contribution >= 0.6 is 11.3 Å². The predicted molar refractivity (Wildman–Crippen MR) is 148 cm³/mol. The molecule has 3 aromatic heterocycles. The summed E-state index contributed by atoms with van der Waals surface area (Å²) in [6, 6.07) is 7.58. The van der Waals surface area contributed by atoms with Crippen LogP contribution in [0.1, 0.15) is 43.9 Å². The molecule has 4 heterocycles. The first kappa shape index (κ1) is 27.3. The Labute approximate surface area is 229 Å². The summed E-state index contributed by atoms with van der Waals surface area (Å²) in [4.78, 5) is 33.4. The molecule has 4 aromatic rings. The fourth-order valence-corrected chi connectivity index (χ4v) is 6.25. The minimum atomic E-state index is -1.14. The molecule has 39 heavy (non-hydrogen) atoms. The number of methoxy groups -OCH3 is 1. The largest absolute Gasteiger partial charge is 0.496 e. The standard InChI is InChI=1S/C28H33N3O7S/c1-17-22-25(33)31(28(2,3)16-32)27(34)30(26(22)39-23(17)24-29-11-14-37-24)15-21(38-18-9-12-36-13-10-18)19-7-5-6-8-20(19)35-4/h5-8,11,14,18,21,32H,9-10,12-13,15-16H2,1-4H3. The van der Waals surface area contributed by atoms with Crippen LogP contribution in [-0.4, -0.2) is 52.3 Å². The van der Waals surface area contributed by atoms with E-state index in [0.717, 1.165) is 23.0 Å². The molecule has 1 saturated heterocycles. The van der Waals surface area contributed by atoms with Gasteiger partial charge in [0.15, 0.2) is 0 Å². The third kappa shape index (κ3) is 5.07. The van der Waals surface area contributed by atoms with Gasteiger partial charge in [0.2, 0.25) is 5.89 Å². The Hall–Kier alpha value is -3.25. The SMILES string of the molecule is COc1ccccc1C(Cn1c(=O)n(C(C)(C)CO)c(=O)c2c(C)c(-c3ncco3)sc21)OC1CCOCC1. The summed E-state index contributed by atoms with van der Waals surface area (Å²) >= 11 is 1.28. The van der Waals surface area contributed by atoms with Crippen LogP contribution in [-0.2, 0) is 21.6 Å². The Kier molecular flexibility index (Phi) is 7.77. The van der Waals surface area contributed by atoms with Gasteiger partial charge in [-0.15, -0.1) is 11.3 Å². The van der Waals surface area contributed by atoms with Gasteiger partial charge in [0.1, 0.15) is 22.9 Å². The Morgan fingerprint density at radius 2 is 1.97 bits per heavy atom. The molecule has 0 bridgehead atoms. The van der Waals surface area contributed by atoms with Gasteiger partial charge in [0.25, 0.3) is 5.56 Å². The highest BCUT2D eigenvalue weighted by Crippen LogP contribution is 2.37. The van der Waals surface area contributed by atoms with Gasteiger partial charge in [-0.1, -0.05) is 18.2 Å². The lowest BCUT2D eigenvalue weighted by Crippen LogP contribution is -2.51. The lowest BCUT2D eigenvalue weighted by atomic mass is 10.1. The lowest BCUT2D eigenvalue weighted by molar-refractivity contribution is -0.0754. The first-order valence-electron chi connectivity index (χ1n) is 12.9. The van der Waals surface area contributed by atoms with E-state index in [1.165, 1.54) is 17.6 Å². The molecule has 1 aliphatic rings. The number of rotatable bonds is 9. The van der Waals surface area contributed by atoms with E-state index in [0.29, 0.717) is 45.5 Å². The average molecular weight is 556 g/mol. The number of aliphatic hydroxyl groups excluding tert-OH is 1. The minimum Gasteiger partial charge on any atom is -0.496 e. The fraction of sp³-hybridized carbons (Fsp3) is 0.464. The monoisotopic (exact) mass is 555 g/mol. The highest BCUT2D eigenvalue weighted by atomic mass is 32.1. The van der Waals surface area contributed by atoms with Crippen LogP contribution in [0.5, 0.6) is 5.75 Å². The molecule has 5 rings (SSSR count). The Balaban J connectivity index is 1.74. The molecule has 11 heteroatoms. The van der Waals surface area contributed by atoms with Crippen LogP contribution in [0.4, 0.5) is 0 Å². The van der Waals surface area contributed by atoms with Gasteiger partial charge in [-0.05, 0) is 45.2 Å². The van der Waals surface area contributed by atoms with Gasteiger partial charge in [-0.3, -0.25) is 13.9 Å². The molecule has 0 aliphatic carbocycles. The predicted octanol–water partition coefficient (Wildman–Crippen LogP) is 3.86. The van der Waals surface area contributed by atoms with Crippen molar-refractivity contribution in [3.05, 3.63) is 68.7 Å². The maximum Gasteiger partial charge on any atom is 0.332 e. The van der Waals surface area contributed by atoms with Crippen molar-refractivity contribution in [2.75, 3.05) is 26.9 Å². The second-order valence-corrected chi connectivity index (χ2v) is 11.3. The number of para-hydroxylation sites is 1. The molecular weight excluding hydrogens is 522 g/mol. The summed E-state index contributed by atoms with van der Waals surface area (Å²) in [5, 5.41) is 10.5. The second kappa shape index (κ2) is 11.1. The van der Waals surface area contributed by atoms with E-state index in [9.17, 15) is 14.7 Å². The third-order valence-electron chi connectivity index (χ3n) is 7.19. The van der Waals surface area contributed by atoms with Crippen LogP contribution in [0, 0.1) is 6.92 Å². The zero-order valence-electron chi connectivity index (χ0n) is 22.5. The van der Waals surface area contributed by atoms with Crippen LogP contribution < -0.4 is 16.0 Å². The molecule has 0 amide bonds. The molecule has 1 aromatic carbocycles. The molecule has 1 fully saturated rings. The van der Waals surface area contributed by atoms with E-state index in [4.69, 9.17) is 18.6 Å². The summed E-state index contributed by atoms with van der Waals surface area (Å²) in [7, 11) is 1.60. The molecular formula is C28H33N3O7S. The molecule has 0 radical (unpaired) electrons. The lowest BCUT2D eigenvalue weighted by Gasteiger charge is -2.30. The van der Waals surface area contributed by atoms with Crippen molar-refractivity contribution < 1.29 is 23.7 Å². The van der Waals surface area contributed by atoms with Gasteiger partial charge >= 0.3 is 5.69 Å². The van der Waals surface area contributed by atoms with Gasteiger partial charge in [-0.25, -0.2) is 9.78 Å². The number of hydrogen-bond donors (Lipinski definition) is 1. The first-order chi connectivity index (χ1) is 18.8. The number of ether oxygens (including phenoxy) is 3. The number of aryl methyl sites for hydroxylation is 1. The summed E-state index contributed by atoms with van der Waals surface area (Å²) in [5.41, 5.74) is -0.661. The van der Waals surface area contributed by atoms with Crippen molar-refractivity contribution in [2.45, 2.75) is 57.9 Å². The number of aromatic nitrogens is 3. The zero-order chi connectivity index (χ0) is 27.7. The Bertz CT molecular complexity index is 1560. The molecule has 10 nitrogen and oxygen atoms in total. The van der Waals surface area contributed by atoms with Crippen LogP contribution in [0.25, 0.3) is 21.0 Å². The van der Waals surface area contributed by atoms with Crippen molar-refractivity contribution in [1.29, 1.82) is 0 Å². The van der Waals surface area contributed by atoms with Gasteiger partial charge in [0, 0.05) is 18.8 Å². The van der Waals surface area contributed by atoms with Crippen molar-refractivity contribution in [2.24, 2.45) is 0 Å². The maximum absolute atomic E-state index is 14.1. The number of hydrogen-bond acceptors (Lipinski definition) is 9. The quantitative estimate of drug-likeness (QED) is 0.331. The molecule has 1 N–H and O–H groups in total. The van der Waals surface area contributed by atoms with Crippen LogP contribution in [0.3, 0.4) is 0 Å². The molecule has 208 valence electrons. The summed E-state index contributed by atoms with van der Waals surface area (Å²) in [6.45, 7) is 6.09. The topological polar surface area (TPSA) is 118 Å². The van der Waals surface area contributed by atoms with E-state index >= 15 is 0 Å².